The van der Waals surface area contributed by atoms with Gasteiger partial charge in [0.25, 0.3) is 5.92 Å². The summed E-state index contributed by atoms with van der Waals surface area (Å²) in [6, 6.07) is 0. The molecular formula is C8H15F2NO. The second-order valence-electron chi connectivity index (χ2n) is 3.63. The van der Waals surface area contributed by atoms with Crippen molar-refractivity contribution in [1.82, 2.24) is 4.90 Å². The fraction of sp³-hybridized carbons (Fsp3) is 1.00. The predicted octanol–water partition coefficient (Wildman–Crippen LogP) is 1.36. The Balaban J connectivity index is 2.44. The molecule has 0 radical (unpaired) electrons. The third-order valence-electron chi connectivity index (χ3n) is 2.06. The molecule has 0 spiro atoms. The van der Waals surface area contributed by atoms with Gasteiger partial charge in [-0.25, -0.2) is 8.78 Å². The molecule has 1 heterocycles. The lowest BCUT2D eigenvalue weighted by Gasteiger charge is -2.14. The summed E-state index contributed by atoms with van der Waals surface area (Å²) in [5.74, 6) is -2.64. The monoisotopic (exact) mass is 179 g/mol. The van der Waals surface area contributed by atoms with Gasteiger partial charge in [-0.2, -0.15) is 0 Å². The van der Waals surface area contributed by atoms with Gasteiger partial charge in [-0.1, -0.05) is 0 Å². The van der Waals surface area contributed by atoms with E-state index in [2.05, 4.69) is 0 Å². The average molecular weight is 179 g/mol. The van der Waals surface area contributed by atoms with E-state index in [0.717, 1.165) is 0 Å². The maximum Gasteiger partial charge on any atom is 0.275 e. The van der Waals surface area contributed by atoms with Crippen LogP contribution >= 0.6 is 0 Å². The molecule has 0 saturated carbocycles. The summed E-state index contributed by atoms with van der Waals surface area (Å²) >= 11 is 0. The van der Waals surface area contributed by atoms with E-state index in [0.29, 0.717) is 6.54 Å². The number of rotatable bonds is 2. The van der Waals surface area contributed by atoms with Crippen LogP contribution in [-0.2, 0) is 4.74 Å². The first-order chi connectivity index (χ1) is 5.42. The largest absolute Gasteiger partial charge is 0.367 e. The van der Waals surface area contributed by atoms with Gasteiger partial charge in [0, 0.05) is 13.0 Å². The molecule has 0 aliphatic carbocycles. The van der Waals surface area contributed by atoms with Crippen molar-refractivity contribution < 1.29 is 13.5 Å². The van der Waals surface area contributed by atoms with Crippen molar-refractivity contribution in [3.63, 3.8) is 0 Å². The summed E-state index contributed by atoms with van der Waals surface area (Å²) in [6.07, 6.45) is -1.39. The lowest BCUT2D eigenvalue weighted by Crippen LogP contribution is -2.26. The molecule has 0 aromatic carbocycles. The first kappa shape index (κ1) is 9.86. The quantitative estimate of drug-likeness (QED) is 0.634. The number of ether oxygens (including phenoxy) is 1. The van der Waals surface area contributed by atoms with Crippen molar-refractivity contribution in [2.24, 2.45) is 0 Å². The highest BCUT2D eigenvalue weighted by molar-refractivity contribution is 4.87. The zero-order chi connectivity index (χ0) is 9.35. The minimum absolute atomic E-state index is 0.146. The summed E-state index contributed by atoms with van der Waals surface area (Å²) in [5, 5.41) is 0. The molecule has 1 aliphatic rings. The first-order valence-corrected chi connectivity index (χ1v) is 4.10. The summed E-state index contributed by atoms with van der Waals surface area (Å²) in [5.41, 5.74) is 0. The van der Waals surface area contributed by atoms with E-state index < -0.39 is 12.0 Å². The Morgan fingerprint density at radius 1 is 1.50 bits per heavy atom. The lowest BCUT2D eigenvalue weighted by atomic mass is 10.1. The van der Waals surface area contributed by atoms with Crippen molar-refractivity contribution in [2.45, 2.75) is 31.5 Å². The molecule has 12 heavy (non-hydrogen) atoms. The number of hydrogen-bond acceptors (Lipinski definition) is 2. The minimum atomic E-state index is -2.64. The number of likely N-dealkylation sites (N-methyl/N-ethyl adjacent to an activating group) is 1. The van der Waals surface area contributed by atoms with Gasteiger partial charge in [0.15, 0.2) is 0 Å². The Morgan fingerprint density at radius 2 is 2.08 bits per heavy atom. The molecule has 1 rings (SSSR count). The van der Waals surface area contributed by atoms with Crippen LogP contribution in [0.2, 0.25) is 0 Å². The second kappa shape index (κ2) is 3.26. The molecule has 1 fully saturated rings. The van der Waals surface area contributed by atoms with Crippen molar-refractivity contribution in [3.8, 4) is 0 Å². The number of nitrogens with zero attached hydrogens (tertiary/aromatic N) is 1. The molecule has 0 aromatic heterocycles. The van der Waals surface area contributed by atoms with Gasteiger partial charge in [-0.05, 0) is 21.0 Å². The van der Waals surface area contributed by atoms with Crippen molar-refractivity contribution in [3.05, 3.63) is 0 Å². The molecule has 0 aromatic rings. The van der Waals surface area contributed by atoms with E-state index in [1.54, 1.807) is 0 Å². The molecule has 72 valence electrons. The molecule has 2 nitrogen and oxygen atoms in total. The van der Waals surface area contributed by atoms with Crippen molar-refractivity contribution >= 4 is 0 Å². The summed E-state index contributed by atoms with van der Waals surface area (Å²) in [7, 11) is 3.70. The minimum Gasteiger partial charge on any atom is -0.367 e. The smallest absolute Gasteiger partial charge is 0.275 e. The van der Waals surface area contributed by atoms with Crippen molar-refractivity contribution in [1.29, 1.82) is 0 Å². The molecule has 0 amide bonds. The third kappa shape index (κ3) is 2.14. The Labute approximate surface area is 71.5 Å². The van der Waals surface area contributed by atoms with Gasteiger partial charge in [-0.3, -0.25) is 0 Å². The normalized spacial score (nSPS) is 34.5. The number of alkyl halides is 2. The fourth-order valence-electron chi connectivity index (χ4n) is 1.42. The van der Waals surface area contributed by atoms with Crippen LogP contribution < -0.4 is 0 Å². The molecule has 4 heteroatoms. The van der Waals surface area contributed by atoms with Crippen LogP contribution in [0.15, 0.2) is 0 Å². The average Bonchev–Trinajstić information content (AvgIpc) is 2.04. The highest BCUT2D eigenvalue weighted by Gasteiger charge is 2.47. The Hall–Kier alpha value is -0.220. The standard InChI is InChI=1S/C8H15F2NO/c1-6-8(9,10)4-7(12-6)5-11(2)3/h6-7H,4-5H2,1-3H3/t6-,7+/m1/s1. The highest BCUT2D eigenvalue weighted by atomic mass is 19.3. The Bertz CT molecular complexity index is 161. The van der Waals surface area contributed by atoms with E-state index in [9.17, 15) is 8.78 Å². The predicted molar refractivity (Wildman–Crippen MR) is 42.5 cm³/mol. The van der Waals surface area contributed by atoms with E-state index in [-0.39, 0.29) is 12.5 Å². The van der Waals surface area contributed by atoms with Gasteiger partial charge in [-0.15, -0.1) is 0 Å². The van der Waals surface area contributed by atoms with Gasteiger partial charge in [0.05, 0.1) is 6.10 Å². The van der Waals surface area contributed by atoms with Gasteiger partial charge in [0.2, 0.25) is 0 Å². The Morgan fingerprint density at radius 3 is 2.42 bits per heavy atom. The van der Waals surface area contributed by atoms with Gasteiger partial charge in [0.1, 0.15) is 6.10 Å². The maximum atomic E-state index is 12.9. The number of halogens is 2. The SMILES string of the molecule is C[C@H]1O[C@H](CN(C)C)CC1(F)F. The van der Waals surface area contributed by atoms with Crippen LogP contribution in [0.4, 0.5) is 8.78 Å². The molecule has 0 N–H and O–H groups in total. The molecule has 1 aliphatic heterocycles. The van der Waals surface area contributed by atoms with E-state index in [4.69, 9.17) is 4.74 Å². The molecule has 2 atom stereocenters. The van der Waals surface area contributed by atoms with E-state index in [1.807, 2.05) is 19.0 Å². The first-order valence-electron chi connectivity index (χ1n) is 4.10. The maximum absolute atomic E-state index is 12.9. The van der Waals surface area contributed by atoms with Crippen LogP contribution in [0, 0.1) is 0 Å². The molecule has 1 saturated heterocycles. The molecular weight excluding hydrogens is 164 g/mol. The topological polar surface area (TPSA) is 12.5 Å². The van der Waals surface area contributed by atoms with Crippen LogP contribution in [0.1, 0.15) is 13.3 Å². The zero-order valence-corrected chi connectivity index (χ0v) is 7.68. The molecule has 0 unspecified atom stereocenters. The van der Waals surface area contributed by atoms with Gasteiger partial charge < -0.3 is 9.64 Å². The van der Waals surface area contributed by atoms with E-state index >= 15 is 0 Å². The van der Waals surface area contributed by atoms with E-state index in [1.165, 1.54) is 6.92 Å². The van der Waals surface area contributed by atoms with Crippen LogP contribution in [-0.4, -0.2) is 43.7 Å². The Kier molecular flexibility index (Phi) is 2.68. The third-order valence-corrected chi connectivity index (χ3v) is 2.06. The van der Waals surface area contributed by atoms with Crippen LogP contribution in [0.5, 0.6) is 0 Å². The summed E-state index contributed by atoms with van der Waals surface area (Å²) < 4.78 is 30.9. The van der Waals surface area contributed by atoms with Crippen LogP contribution in [0.3, 0.4) is 0 Å². The molecule has 0 bridgehead atoms. The summed E-state index contributed by atoms with van der Waals surface area (Å²) in [6.45, 7) is 2.00. The second-order valence-corrected chi connectivity index (χ2v) is 3.63. The number of hydrogen-bond donors (Lipinski definition) is 0. The lowest BCUT2D eigenvalue weighted by molar-refractivity contribution is -0.0655. The van der Waals surface area contributed by atoms with Gasteiger partial charge >= 0.3 is 0 Å². The van der Waals surface area contributed by atoms with Crippen molar-refractivity contribution in [2.75, 3.05) is 20.6 Å². The fourth-order valence-corrected chi connectivity index (χ4v) is 1.42. The van der Waals surface area contributed by atoms with Crippen LogP contribution in [0.25, 0.3) is 0 Å². The summed E-state index contributed by atoms with van der Waals surface area (Å²) in [4.78, 5) is 1.86. The highest BCUT2D eigenvalue weighted by Crippen LogP contribution is 2.35. The zero-order valence-electron chi connectivity index (χ0n) is 7.68.